The Bertz CT molecular complexity index is 612. The molecule has 21 heavy (non-hydrogen) atoms. The van der Waals surface area contributed by atoms with Crippen LogP contribution in [0.4, 0.5) is 5.69 Å². The van der Waals surface area contributed by atoms with Gasteiger partial charge in [0.05, 0.1) is 0 Å². The third-order valence-electron chi connectivity index (χ3n) is 3.47. The normalized spacial score (nSPS) is 18.4. The Labute approximate surface area is 122 Å². The lowest BCUT2D eigenvalue weighted by Gasteiger charge is -2.15. The zero-order chi connectivity index (χ0) is 14.7. The third-order valence-corrected chi connectivity index (χ3v) is 3.47. The summed E-state index contributed by atoms with van der Waals surface area (Å²) in [5.74, 6) is 1.09. The highest BCUT2D eigenvalue weighted by Crippen LogP contribution is 2.30. The molecule has 1 amide bonds. The molecule has 0 aliphatic carbocycles. The molecule has 1 aromatic heterocycles. The fourth-order valence-electron chi connectivity index (χ4n) is 2.42. The van der Waals surface area contributed by atoms with Crippen LogP contribution < -0.4 is 4.90 Å². The summed E-state index contributed by atoms with van der Waals surface area (Å²) in [6, 6.07) is 9.63. The molecule has 1 aliphatic heterocycles. The minimum Gasteiger partial charge on any atom is -0.372 e. The van der Waals surface area contributed by atoms with Crippen molar-refractivity contribution in [2.75, 3.05) is 18.1 Å². The Morgan fingerprint density at radius 2 is 2.19 bits per heavy atom. The summed E-state index contributed by atoms with van der Waals surface area (Å²) in [5.41, 5.74) is 0.906. The van der Waals surface area contributed by atoms with Gasteiger partial charge in [-0.1, -0.05) is 23.4 Å². The number of ether oxygens (including phenoxy) is 1. The summed E-state index contributed by atoms with van der Waals surface area (Å²) in [6.07, 6.45) is 0.405. The average Bonchev–Trinajstić information content (AvgIpc) is 3.12. The number of hydrogen-bond acceptors (Lipinski definition) is 5. The average molecular weight is 287 g/mol. The van der Waals surface area contributed by atoms with Crippen molar-refractivity contribution < 1.29 is 14.1 Å². The number of para-hydroxylation sites is 1. The van der Waals surface area contributed by atoms with Crippen LogP contribution in [0.3, 0.4) is 0 Å². The summed E-state index contributed by atoms with van der Waals surface area (Å²) in [7, 11) is 0. The number of rotatable bonds is 5. The van der Waals surface area contributed by atoms with Crippen LogP contribution in [-0.2, 0) is 16.1 Å². The highest BCUT2D eigenvalue weighted by atomic mass is 16.5. The lowest BCUT2D eigenvalue weighted by molar-refractivity contribution is -0.117. The Balaban J connectivity index is 1.71. The van der Waals surface area contributed by atoms with E-state index in [9.17, 15) is 4.79 Å². The van der Waals surface area contributed by atoms with Gasteiger partial charge >= 0.3 is 0 Å². The van der Waals surface area contributed by atoms with Gasteiger partial charge in [0.15, 0.2) is 5.82 Å². The Hall–Kier alpha value is -2.21. The van der Waals surface area contributed by atoms with Crippen LogP contribution in [0.25, 0.3) is 0 Å². The Kier molecular flexibility index (Phi) is 3.96. The highest BCUT2D eigenvalue weighted by molar-refractivity contribution is 5.96. The molecular weight excluding hydrogens is 270 g/mol. The van der Waals surface area contributed by atoms with Crippen molar-refractivity contribution in [3.05, 3.63) is 42.0 Å². The number of nitrogens with zero attached hydrogens (tertiary/aromatic N) is 3. The molecule has 1 aromatic carbocycles. The molecule has 0 saturated carbocycles. The van der Waals surface area contributed by atoms with Crippen LogP contribution in [0, 0.1) is 0 Å². The molecule has 2 aromatic rings. The minimum atomic E-state index is -0.0307. The number of carbonyl (C=O) groups excluding carboxylic acids is 1. The fourth-order valence-corrected chi connectivity index (χ4v) is 2.42. The first kappa shape index (κ1) is 13.8. The molecule has 1 saturated heterocycles. The van der Waals surface area contributed by atoms with Crippen LogP contribution in [0.5, 0.6) is 0 Å². The number of hydrogen-bond donors (Lipinski definition) is 0. The van der Waals surface area contributed by atoms with Crippen LogP contribution in [0.1, 0.15) is 31.0 Å². The SMILES string of the molecule is CCOCc1nc([C@@H]2CC(=O)N(c3ccccc3)C2)no1. The van der Waals surface area contributed by atoms with Gasteiger partial charge in [-0.3, -0.25) is 4.79 Å². The van der Waals surface area contributed by atoms with Gasteiger partial charge in [0, 0.05) is 31.2 Å². The molecule has 1 aliphatic rings. The molecule has 0 spiro atoms. The van der Waals surface area contributed by atoms with Gasteiger partial charge in [0.2, 0.25) is 5.91 Å². The predicted molar refractivity (Wildman–Crippen MR) is 75.8 cm³/mol. The molecule has 110 valence electrons. The number of aromatic nitrogens is 2. The second-order valence-corrected chi connectivity index (χ2v) is 4.92. The van der Waals surface area contributed by atoms with Gasteiger partial charge < -0.3 is 14.2 Å². The lowest BCUT2D eigenvalue weighted by Crippen LogP contribution is -2.24. The number of benzene rings is 1. The third kappa shape index (κ3) is 2.95. The maximum atomic E-state index is 12.2. The molecular formula is C15H17N3O3. The van der Waals surface area contributed by atoms with Crippen molar-refractivity contribution in [2.45, 2.75) is 25.9 Å². The minimum absolute atomic E-state index is 0.0307. The molecule has 1 fully saturated rings. The second-order valence-electron chi connectivity index (χ2n) is 4.92. The van der Waals surface area contributed by atoms with Gasteiger partial charge in [-0.2, -0.15) is 4.98 Å². The molecule has 0 bridgehead atoms. The summed E-state index contributed by atoms with van der Waals surface area (Å²) < 4.78 is 10.4. The van der Waals surface area contributed by atoms with Gasteiger partial charge in [0.25, 0.3) is 5.89 Å². The summed E-state index contributed by atoms with van der Waals surface area (Å²) >= 11 is 0. The van der Waals surface area contributed by atoms with Gasteiger partial charge in [-0.05, 0) is 19.1 Å². The molecule has 3 rings (SSSR count). The molecule has 0 N–H and O–H groups in total. The standard InChI is InChI=1S/C15H17N3O3/c1-2-20-10-13-16-15(17-21-13)11-8-14(19)18(9-11)12-6-4-3-5-7-12/h3-7,11H,2,8-10H2,1H3/t11-/m1/s1. The van der Waals surface area contributed by atoms with Gasteiger partial charge in [0.1, 0.15) is 6.61 Å². The van der Waals surface area contributed by atoms with E-state index in [4.69, 9.17) is 9.26 Å². The molecule has 6 heteroatoms. The van der Waals surface area contributed by atoms with Crippen LogP contribution >= 0.6 is 0 Å². The van der Waals surface area contributed by atoms with E-state index in [1.165, 1.54) is 0 Å². The summed E-state index contributed by atoms with van der Waals surface area (Å²) in [4.78, 5) is 18.2. The first-order valence-corrected chi connectivity index (χ1v) is 7.03. The van der Waals surface area contributed by atoms with Gasteiger partial charge in [-0.15, -0.1) is 0 Å². The van der Waals surface area contributed by atoms with E-state index in [2.05, 4.69) is 10.1 Å². The maximum Gasteiger partial charge on any atom is 0.252 e. The van der Waals surface area contributed by atoms with Crippen molar-refractivity contribution in [1.29, 1.82) is 0 Å². The number of anilines is 1. The molecule has 0 radical (unpaired) electrons. The Morgan fingerprint density at radius 1 is 1.38 bits per heavy atom. The topological polar surface area (TPSA) is 68.5 Å². The van der Waals surface area contributed by atoms with E-state index in [1.54, 1.807) is 4.90 Å². The first-order chi connectivity index (χ1) is 10.3. The quantitative estimate of drug-likeness (QED) is 0.842. The fraction of sp³-hybridized carbons (Fsp3) is 0.400. The van der Waals surface area contributed by atoms with E-state index in [0.29, 0.717) is 37.9 Å². The summed E-state index contributed by atoms with van der Waals surface area (Å²) in [5, 5.41) is 3.97. The maximum absolute atomic E-state index is 12.2. The van der Waals surface area contributed by atoms with Crippen LogP contribution in [0.2, 0.25) is 0 Å². The highest BCUT2D eigenvalue weighted by Gasteiger charge is 2.34. The molecule has 6 nitrogen and oxygen atoms in total. The number of carbonyl (C=O) groups is 1. The smallest absolute Gasteiger partial charge is 0.252 e. The van der Waals surface area contributed by atoms with Crippen molar-refractivity contribution in [2.24, 2.45) is 0 Å². The molecule has 0 unspecified atom stereocenters. The lowest BCUT2D eigenvalue weighted by atomic mass is 10.1. The predicted octanol–water partition coefficient (Wildman–Crippen LogP) is 2.13. The van der Waals surface area contributed by atoms with E-state index >= 15 is 0 Å². The largest absolute Gasteiger partial charge is 0.372 e. The van der Waals surface area contributed by atoms with Crippen molar-refractivity contribution in [3.8, 4) is 0 Å². The second kappa shape index (κ2) is 6.05. The van der Waals surface area contributed by atoms with E-state index in [1.807, 2.05) is 37.3 Å². The zero-order valence-corrected chi connectivity index (χ0v) is 11.9. The monoisotopic (exact) mass is 287 g/mol. The Morgan fingerprint density at radius 3 is 2.95 bits per heavy atom. The zero-order valence-electron chi connectivity index (χ0n) is 11.9. The molecule has 1 atom stereocenters. The van der Waals surface area contributed by atoms with Crippen molar-refractivity contribution in [3.63, 3.8) is 0 Å². The van der Waals surface area contributed by atoms with Crippen LogP contribution in [0.15, 0.2) is 34.9 Å². The first-order valence-electron chi connectivity index (χ1n) is 7.03. The van der Waals surface area contributed by atoms with E-state index in [0.717, 1.165) is 5.69 Å². The summed E-state index contributed by atoms with van der Waals surface area (Å²) in [6.45, 7) is 3.40. The van der Waals surface area contributed by atoms with E-state index < -0.39 is 0 Å². The molecule has 2 heterocycles. The van der Waals surface area contributed by atoms with Crippen LogP contribution in [-0.4, -0.2) is 29.2 Å². The van der Waals surface area contributed by atoms with Gasteiger partial charge in [-0.25, -0.2) is 0 Å². The van der Waals surface area contributed by atoms with E-state index in [-0.39, 0.29) is 11.8 Å². The van der Waals surface area contributed by atoms with Crippen molar-refractivity contribution in [1.82, 2.24) is 10.1 Å². The van der Waals surface area contributed by atoms with Crippen molar-refractivity contribution >= 4 is 11.6 Å². The number of amides is 1.